The van der Waals surface area contributed by atoms with Gasteiger partial charge in [-0.1, -0.05) is 12.2 Å². The number of hydrogen-bond acceptors (Lipinski definition) is 7. The highest BCUT2D eigenvalue weighted by atomic mass is 16.6. The third kappa shape index (κ3) is 8.81. The van der Waals surface area contributed by atoms with E-state index in [0.29, 0.717) is 5.57 Å². The van der Waals surface area contributed by atoms with Crippen LogP contribution in [0.1, 0.15) is 40.5 Å². The summed E-state index contributed by atoms with van der Waals surface area (Å²) in [4.78, 5) is 23.2. The van der Waals surface area contributed by atoms with Crippen LogP contribution in [0.4, 0.5) is 0 Å². The predicted molar refractivity (Wildman–Crippen MR) is 88.0 cm³/mol. The van der Waals surface area contributed by atoms with Gasteiger partial charge in [0.25, 0.3) is 0 Å². The van der Waals surface area contributed by atoms with Crippen LogP contribution in [-0.4, -0.2) is 58.3 Å². The second-order valence-corrected chi connectivity index (χ2v) is 5.37. The molecule has 0 aliphatic heterocycles. The van der Waals surface area contributed by atoms with Gasteiger partial charge in [-0.3, -0.25) is 4.79 Å². The van der Waals surface area contributed by atoms with Gasteiger partial charge in [-0.25, -0.2) is 4.79 Å². The second-order valence-electron chi connectivity index (χ2n) is 5.37. The summed E-state index contributed by atoms with van der Waals surface area (Å²) in [6.07, 6.45) is -0.277. The summed E-state index contributed by atoms with van der Waals surface area (Å²) in [7, 11) is 0. The molecule has 0 aliphatic rings. The van der Waals surface area contributed by atoms with E-state index in [1.165, 1.54) is 19.1 Å². The van der Waals surface area contributed by atoms with Crippen LogP contribution < -0.4 is 0 Å². The smallest absolute Gasteiger partial charge is 0.334 e. The maximum Gasteiger partial charge on any atom is 0.334 e. The molecule has 0 bridgehead atoms. The van der Waals surface area contributed by atoms with Crippen LogP contribution in [0.2, 0.25) is 0 Å². The Morgan fingerprint density at radius 3 is 2.29 bits per heavy atom. The van der Waals surface area contributed by atoms with Crippen molar-refractivity contribution in [3.05, 3.63) is 23.8 Å². The van der Waals surface area contributed by atoms with Gasteiger partial charge in [-0.05, 0) is 40.2 Å². The highest BCUT2D eigenvalue weighted by molar-refractivity contribution is 5.87. The molecule has 0 fully saturated rings. The highest BCUT2D eigenvalue weighted by Crippen LogP contribution is 2.12. The van der Waals surface area contributed by atoms with Crippen LogP contribution in [0, 0.1) is 0 Å². The quantitative estimate of drug-likeness (QED) is 0.306. The number of aliphatic hydroxyl groups excluding tert-OH is 3. The van der Waals surface area contributed by atoms with E-state index in [4.69, 9.17) is 9.47 Å². The minimum Gasteiger partial charge on any atom is -0.466 e. The summed E-state index contributed by atoms with van der Waals surface area (Å²) < 4.78 is 9.98. The highest BCUT2D eigenvalue weighted by Gasteiger charge is 2.23. The average Bonchev–Trinajstić information content (AvgIpc) is 2.54. The Labute approximate surface area is 142 Å². The first-order valence-electron chi connectivity index (χ1n) is 7.94. The molecule has 138 valence electrons. The molecule has 0 aromatic carbocycles. The molecule has 0 radical (unpaired) electrons. The number of carbonyl (C=O) groups is 2. The molecule has 24 heavy (non-hydrogen) atoms. The molecule has 0 aromatic heterocycles. The van der Waals surface area contributed by atoms with Gasteiger partial charge in [-0.2, -0.15) is 0 Å². The first kappa shape index (κ1) is 22.3. The van der Waals surface area contributed by atoms with Crippen molar-refractivity contribution in [3.63, 3.8) is 0 Å². The average molecular weight is 344 g/mol. The molecule has 0 heterocycles. The number of carbonyl (C=O) groups excluding carboxylic acids is 2. The van der Waals surface area contributed by atoms with Crippen LogP contribution >= 0.6 is 0 Å². The molecule has 4 atom stereocenters. The lowest BCUT2D eigenvalue weighted by atomic mass is 10.1. The van der Waals surface area contributed by atoms with Crippen molar-refractivity contribution in [2.45, 2.75) is 65.0 Å². The number of hydrogen-bond donors (Lipinski definition) is 3. The van der Waals surface area contributed by atoms with E-state index >= 15 is 0 Å². The fourth-order valence-electron chi connectivity index (χ4n) is 1.63. The van der Waals surface area contributed by atoms with Gasteiger partial charge in [0.05, 0.1) is 24.9 Å². The second kappa shape index (κ2) is 11.8. The lowest BCUT2D eigenvalue weighted by Crippen LogP contribution is -2.31. The van der Waals surface area contributed by atoms with Gasteiger partial charge in [0, 0.05) is 12.0 Å². The molecule has 0 aliphatic carbocycles. The number of rotatable bonds is 10. The molecular formula is C17H28O7. The Morgan fingerprint density at radius 2 is 1.79 bits per heavy atom. The first-order chi connectivity index (χ1) is 11.2. The van der Waals surface area contributed by atoms with E-state index in [9.17, 15) is 24.9 Å². The van der Waals surface area contributed by atoms with E-state index in [0.717, 1.165) is 0 Å². The zero-order chi connectivity index (χ0) is 18.7. The zero-order valence-electron chi connectivity index (χ0n) is 14.6. The fraction of sp³-hybridized carbons (Fsp3) is 0.647. The normalized spacial score (nSPS) is 17.2. The molecule has 0 amide bonds. The number of allylic oxidation sites excluding steroid dienone is 1. The third-order valence-electron chi connectivity index (χ3n) is 3.32. The fourth-order valence-corrected chi connectivity index (χ4v) is 1.63. The molecule has 3 N–H and O–H groups in total. The molecule has 0 saturated heterocycles. The van der Waals surface area contributed by atoms with Crippen LogP contribution in [0.15, 0.2) is 23.8 Å². The summed E-state index contributed by atoms with van der Waals surface area (Å²) in [6, 6.07) is 0. The van der Waals surface area contributed by atoms with Gasteiger partial charge >= 0.3 is 11.9 Å². The Balaban J connectivity index is 4.95. The van der Waals surface area contributed by atoms with Gasteiger partial charge in [0.15, 0.2) is 0 Å². The van der Waals surface area contributed by atoms with E-state index in [-0.39, 0.29) is 19.4 Å². The first-order valence-corrected chi connectivity index (χ1v) is 7.94. The van der Waals surface area contributed by atoms with E-state index in [1.807, 2.05) is 0 Å². The summed E-state index contributed by atoms with van der Waals surface area (Å²) in [5.41, 5.74) is 0.363. The number of esters is 2. The van der Waals surface area contributed by atoms with Crippen LogP contribution in [0.25, 0.3) is 0 Å². The summed E-state index contributed by atoms with van der Waals surface area (Å²) in [6.45, 7) is 6.57. The Bertz CT molecular complexity index is 454. The summed E-state index contributed by atoms with van der Waals surface area (Å²) >= 11 is 0. The third-order valence-corrected chi connectivity index (χ3v) is 3.32. The minimum absolute atomic E-state index is 0.0286. The molecule has 0 rings (SSSR count). The molecule has 0 saturated carbocycles. The Hall–Kier alpha value is -1.70. The molecule has 7 heteroatoms. The summed E-state index contributed by atoms with van der Waals surface area (Å²) in [5.74, 6) is -1.08. The van der Waals surface area contributed by atoms with Gasteiger partial charge < -0.3 is 24.8 Å². The molecule has 0 aromatic rings. The largest absolute Gasteiger partial charge is 0.466 e. The van der Waals surface area contributed by atoms with Gasteiger partial charge in [0.2, 0.25) is 0 Å². The van der Waals surface area contributed by atoms with Crippen LogP contribution in [0.5, 0.6) is 0 Å². The van der Waals surface area contributed by atoms with E-state index in [2.05, 4.69) is 0 Å². The maximum atomic E-state index is 11.9. The Morgan fingerprint density at radius 1 is 1.17 bits per heavy atom. The molecular weight excluding hydrogens is 316 g/mol. The van der Waals surface area contributed by atoms with Gasteiger partial charge in [-0.15, -0.1) is 0 Å². The Kier molecular flexibility index (Phi) is 10.9. The van der Waals surface area contributed by atoms with Crippen molar-refractivity contribution in [2.75, 3.05) is 6.61 Å². The lowest BCUT2D eigenvalue weighted by molar-refractivity contribution is -0.148. The van der Waals surface area contributed by atoms with Crippen molar-refractivity contribution in [3.8, 4) is 0 Å². The van der Waals surface area contributed by atoms with Crippen molar-refractivity contribution >= 4 is 11.9 Å². The van der Waals surface area contributed by atoms with Crippen molar-refractivity contribution in [1.29, 1.82) is 0 Å². The van der Waals surface area contributed by atoms with E-state index in [1.54, 1.807) is 26.8 Å². The monoisotopic (exact) mass is 344 g/mol. The molecule has 7 nitrogen and oxygen atoms in total. The SMILES string of the molecule is C/C=C(\C)C(=O)O[C@H](/C=C/[C@@H](O)[C@@H](C)O)[C@@H](O)CCC(=O)OCC. The van der Waals surface area contributed by atoms with Crippen molar-refractivity contribution < 1.29 is 34.4 Å². The zero-order valence-corrected chi connectivity index (χ0v) is 14.6. The van der Waals surface area contributed by atoms with Crippen molar-refractivity contribution in [1.82, 2.24) is 0 Å². The summed E-state index contributed by atoms with van der Waals surface area (Å²) in [5, 5.41) is 29.0. The lowest BCUT2D eigenvalue weighted by Gasteiger charge is -2.21. The molecule has 0 unspecified atom stereocenters. The van der Waals surface area contributed by atoms with E-state index < -0.39 is 36.4 Å². The maximum absolute atomic E-state index is 11.9. The standard InChI is InChI=1S/C17H28O7/c1-5-11(3)17(22)24-15(9-7-13(19)12(4)18)14(20)8-10-16(21)23-6-2/h5,7,9,12-15,18-20H,6,8,10H2,1-4H3/b9-7+,11-5+/t12-,13-,14+,15-/m1/s1. The minimum atomic E-state index is -1.16. The van der Waals surface area contributed by atoms with Gasteiger partial charge in [0.1, 0.15) is 6.10 Å². The van der Waals surface area contributed by atoms with Crippen LogP contribution in [-0.2, 0) is 19.1 Å². The number of aliphatic hydroxyl groups is 3. The van der Waals surface area contributed by atoms with Crippen LogP contribution in [0.3, 0.4) is 0 Å². The number of ether oxygens (including phenoxy) is 2. The molecule has 0 spiro atoms. The van der Waals surface area contributed by atoms with Crippen molar-refractivity contribution in [2.24, 2.45) is 0 Å². The predicted octanol–water partition coefficient (Wildman–Crippen LogP) is 0.866. The topological polar surface area (TPSA) is 113 Å².